The number of hydrogen-bond acceptors (Lipinski definition) is 4. The van der Waals surface area contributed by atoms with Crippen molar-refractivity contribution in [2.75, 3.05) is 7.11 Å². The Morgan fingerprint density at radius 1 is 1.46 bits per heavy atom. The molecule has 0 spiro atoms. The minimum atomic E-state index is -0.591. The molecule has 0 fully saturated rings. The Labute approximate surface area is 161 Å². The maximum absolute atomic E-state index is 11.5. The molecule has 138 valence electrons. The van der Waals surface area contributed by atoms with E-state index < -0.39 is 6.10 Å². The molecule has 0 saturated carbocycles. The second-order valence-corrected chi connectivity index (χ2v) is 9.25. The molecule has 0 aromatic carbocycles. The van der Waals surface area contributed by atoms with Gasteiger partial charge in [0.2, 0.25) is 0 Å². The van der Waals surface area contributed by atoms with Crippen LogP contribution in [0.15, 0.2) is 21.6 Å². The van der Waals surface area contributed by atoms with Crippen molar-refractivity contribution in [3.05, 3.63) is 21.6 Å². The van der Waals surface area contributed by atoms with Gasteiger partial charge in [0.25, 0.3) is 0 Å². The number of halogens is 2. The predicted octanol–water partition coefficient (Wildman–Crippen LogP) is 4.55. The Hall–Kier alpha value is -0.170. The lowest BCUT2D eigenvalue weighted by molar-refractivity contribution is -0.149. The fraction of sp³-hybridized carbons (Fsp3) is 0.722. The average Bonchev–Trinajstić information content (AvgIpc) is 2.53. The average molecular weight is 468 g/mol. The first kappa shape index (κ1) is 21.9. The van der Waals surface area contributed by atoms with Gasteiger partial charge < -0.3 is 14.6 Å². The van der Waals surface area contributed by atoms with Crippen molar-refractivity contribution in [2.24, 2.45) is 17.8 Å². The van der Waals surface area contributed by atoms with Gasteiger partial charge in [-0.1, -0.05) is 32.9 Å². The Morgan fingerprint density at radius 3 is 2.67 bits per heavy atom. The minimum absolute atomic E-state index is 0.0605. The van der Waals surface area contributed by atoms with E-state index in [2.05, 4.69) is 45.7 Å². The molecule has 4 nitrogen and oxygen atoms in total. The number of hydrogen-bond donors (Lipinski definition) is 1. The van der Waals surface area contributed by atoms with E-state index in [1.165, 1.54) is 6.08 Å². The molecule has 0 amide bonds. The third-order valence-corrected chi connectivity index (χ3v) is 5.42. The zero-order valence-electron chi connectivity index (χ0n) is 14.7. The van der Waals surface area contributed by atoms with Crippen LogP contribution < -0.4 is 0 Å². The Bertz CT molecular complexity index is 460. The van der Waals surface area contributed by atoms with Gasteiger partial charge in [-0.05, 0) is 50.6 Å². The van der Waals surface area contributed by atoms with Gasteiger partial charge in [0, 0.05) is 31.4 Å². The highest BCUT2D eigenvalue weighted by Crippen LogP contribution is 2.29. The van der Waals surface area contributed by atoms with Crippen molar-refractivity contribution in [1.82, 2.24) is 0 Å². The van der Waals surface area contributed by atoms with Gasteiger partial charge in [0.05, 0.1) is 15.6 Å². The zero-order valence-corrected chi connectivity index (χ0v) is 17.9. The molecule has 0 aromatic rings. The van der Waals surface area contributed by atoms with Gasteiger partial charge in [-0.3, -0.25) is 0 Å². The van der Waals surface area contributed by atoms with Crippen molar-refractivity contribution in [3.8, 4) is 0 Å². The summed E-state index contributed by atoms with van der Waals surface area (Å²) < 4.78 is 12.0. The van der Waals surface area contributed by atoms with Crippen LogP contribution in [0.1, 0.15) is 40.0 Å². The zero-order chi connectivity index (χ0) is 18.3. The van der Waals surface area contributed by atoms with E-state index >= 15 is 0 Å². The normalized spacial score (nSPS) is 25.5. The largest absolute Gasteiger partial charge is 0.458 e. The van der Waals surface area contributed by atoms with Crippen molar-refractivity contribution in [1.29, 1.82) is 0 Å². The van der Waals surface area contributed by atoms with E-state index in [4.69, 9.17) is 9.47 Å². The smallest absolute Gasteiger partial charge is 0.330 e. The van der Waals surface area contributed by atoms with Crippen LogP contribution in [-0.4, -0.2) is 36.5 Å². The molecule has 0 aliphatic carbocycles. The van der Waals surface area contributed by atoms with Crippen LogP contribution in [0, 0.1) is 17.8 Å². The van der Waals surface area contributed by atoms with Crippen LogP contribution in [0.2, 0.25) is 0 Å². The maximum Gasteiger partial charge on any atom is 0.330 e. The highest BCUT2D eigenvalue weighted by Gasteiger charge is 2.33. The standard InChI is InChI=1S/C18H28Br2O4/c1-5-13-7-9-17(22)24-15(13)10-14(21)12(3)18(23-4)11(2)6-8-16(19)20/h7-9,11-15,18,21H,5-6,10H2,1-4H3/t11-,12-,13+,14+,15+,18+/m0/s1. The van der Waals surface area contributed by atoms with Gasteiger partial charge in [0.15, 0.2) is 0 Å². The highest BCUT2D eigenvalue weighted by molar-refractivity contribution is 9.28. The number of allylic oxidation sites excluding steroid dienone is 1. The molecule has 6 atom stereocenters. The van der Waals surface area contributed by atoms with Crippen LogP contribution in [0.3, 0.4) is 0 Å². The molecule has 1 N–H and O–H groups in total. The molecule has 1 aliphatic heterocycles. The van der Waals surface area contributed by atoms with Crippen LogP contribution in [-0.2, 0) is 14.3 Å². The summed E-state index contributed by atoms with van der Waals surface area (Å²) in [6.07, 6.45) is 6.61. The molecule has 1 rings (SSSR count). The topological polar surface area (TPSA) is 55.8 Å². The lowest BCUT2D eigenvalue weighted by Gasteiger charge is -2.34. The molecular weight excluding hydrogens is 440 g/mol. The summed E-state index contributed by atoms with van der Waals surface area (Å²) in [5.74, 6) is 0.0268. The fourth-order valence-corrected chi connectivity index (χ4v) is 3.64. The minimum Gasteiger partial charge on any atom is -0.458 e. The van der Waals surface area contributed by atoms with Crippen molar-refractivity contribution >= 4 is 37.8 Å². The molecule has 1 aliphatic rings. The van der Waals surface area contributed by atoms with Gasteiger partial charge >= 0.3 is 5.97 Å². The van der Waals surface area contributed by atoms with E-state index in [1.807, 2.05) is 19.1 Å². The SMILES string of the molecule is CC[C@@H]1C=CC(=O)O[C@@H]1C[C@@H](O)[C@H](C)[C@H](OC)[C@@H](C)CC=C(Br)Br. The summed E-state index contributed by atoms with van der Waals surface area (Å²) in [5.41, 5.74) is 0. The number of aliphatic hydroxyl groups is 1. The number of ether oxygens (including phenoxy) is 2. The molecule has 0 aromatic heterocycles. The predicted molar refractivity (Wildman–Crippen MR) is 103 cm³/mol. The van der Waals surface area contributed by atoms with E-state index in [0.29, 0.717) is 6.42 Å². The van der Waals surface area contributed by atoms with Crippen molar-refractivity contribution in [3.63, 3.8) is 0 Å². The van der Waals surface area contributed by atoms with E-state index in [-0.39, 0.29) is 35.9 Å². The van der Waals surface area contributed by atoms with Gasteiger partial charge in [-0.25, -0.2) is 4.79 Å². The third-order valence-electron chi connectivity index (χ3n) is 4.77. The Balaban J connectivity index is 2.70. The summed E-state index contributed by atoms with van der Waals surface area (Å²) >= 11 is 6.72. The fourth-order valence-electron chi connectivity index (χ4n) is 3.27. The molecule has 0 unspecified atom stereocenters. The van der Waals surface area contributed by atoms with Gasteiger partial charge in [0.1, 0.15) is 6.10 Å². The molecular formula is C18H28Br2O4. The molecule has 24 heavy (non-hydrogen) atoms. The maximum atomic E-state index is 11.5. The molecule has 0 radical (unpaired) electrons. The number of carbonyl (C=O) groups excluding carboxylic acids is 1. The van der Waals surface area contributed by atoms with E-state index in [9.17, 15) is 9.90 Å². The Kier molecular flexibility index (Phi) is 9.79. The number of aliphatic hydroxyl groups excluding tert-OH is 1. The number of methoxy groups -OCH3 is 1. The van der Waals surface area contributed by atoms with Crippen LogP contribution in [0.4, 0.5) is 0 Å². The number of rotatable bonds is 9. The summed E-state index contributed by atoms with van der Waals surface area (Å²) in [7, 11) is 1.68. The van der Waals surface area contributed by atoms with E-state index in [0.717, 1.165) is 16.2 Å². The summed E-state index contributed by atoms with van der Waals surface area (Å²) in [4.78, 5) is 11.5. The van der Waals surface area contributed by atoms with Crippen LogP contribution in [0.25, 0.3) is 0 Å². The summed E-state index contributed by atoms with van der Waals surface area (Å²) in [6.45, 7) is 6.15. The monoisotopic (exact) mass is 466 g/mol. The van der Waals surface area contributed by atoms with Crippen LogP contribution in [0.5, 0.6) is 0 Å². The van der Waals surface area contributed by atoms with E-state index in [1.54, 1.807) is 7.11 Å². The first-order valence-corrected chi connectivity index (χ1v) is 9.99. The quantitative estimate of drug-likeness (QED) is 0.505. The second-order valence-electron chi connectivity index (χ2n) is 6.48. The lowest BCUT2D eigenvalue weighted by atomic mass is 9.83. The molecule has 0 bridgehead atoms. The molecule has 1 heterocycles. The highest BCUT2D eigenvalue weighted by atomic mass is 79.9. The first-order valence-electron chi connectivity index (χ1n) is 8.40. The number of cyclic esters (lactones) is 1. The third kappa shape index (κ3) is 6.62. The second kappa shape index (κ2) is 10.7. The first-order chi connectivity index (χ1) is 11.3. The van der Waals surface area contributed by atoms with Crippen molar-refractivity contribution in [2.45, 2.75) is 58.3 Å². The van der Waals surface area contributed by atoms with Gasteiger partial charge in [-0.15, -0.1) is 0 Å². The molecule has 6 heteroatoms. The van der Waals surface area contributed by atoms with Crippen LogP contribution >= 0.6 is 31.9 Å². The van der Waals surface area contributed by atoms with Gasteiger partial charge in [-0.2, -0.15) is 0 Å². The van der Waals surface area contributed by atoms with Crippen molar-refractivity contribution < 1.29 is 19.4 Å². The molecule has 0 saturated heterocycles. The lowest BCUT2D eigenvalue weighted by Crippen LogP contribution is -2.40. The Morgan fingerprint density at radius 2 is 2.12 bits per heavy atom. The summed E-state index contributed by atoms with van der Waals surface area (Å²) in [5, 5.41) is 10.7. The number of carbonyl (C=O) groups is 1. The number of esters is 1. The summed E-state index contributed by atoms with van der Waals surface area (Å²) in [6, 6.07) is 0.